The number of likely N-dealkylation sites (tertiary alicyclic amines) is 2. The number of aryl methyl sites for hydroxylation is 1. The number of hydrogen-bond acceptors (Lipinski definition) is 3. The molecule has 26 heavy (non-hydrogen) atoms. The normalized spacial score (nSPS) is 19.9. The van der Waals surface area contributed by atoms with Gasteiger partial charge in [-0.3, -0.25) is 14.3 Å². The lowest BCUT2D eigenvalue weighted by atomic mass is 9.72. The topological polar surface area (TPSA) is 58.4 Å². The van der Waals surface area contributed by atoms with Crippen LogP contribution < -0.4 is 0 Å². The van der Waals surface area contributed by atoms with E-state index in [-0.39, 0.29) is 17.2 Å². The number of para-hydroxylation sites is 1. The van der Waals surface area contributed by atoms with Gasteiger partial charge in [0.15, 0.2) is 5.69 Å². The molecule has 2 aliphatic rings. The fraction of sp³-hybridized carbons (Fsp3) is 0.550. The Morgan fingerprint density at radius 2 is 1.77 bits per heavy atom. The van der Waals surface area contributed by atoms with Gasteiger partial charge in [0.05, 0.1) is 5.52 Å². The Bertz CT molecular complexity index is 849. The molecule has 3 heterocycles. The maximum Gasteiger partial charge on any atom is 0.275 e. The maximum absolute atomic E-state index is 13.1. The molecule has 2 saturated heterocycles. The zero-order chi connectivity index (χ0) is 18.3. The minimum absolute atomic E-state index is 0.0240. The second-order valence-corrected chi connectivity index (χ2v) is 7.83. The van der Waals surface area contributed by atoms with Gasteiger partial charge in [-0.25, -0.2) is 0 Å². The fourth-order valence-corrected chi connectivity index (χ4v) is 4.59. The molecule has 0 N–H and O–H groups in total. The van der Waals surface area contributed by atoms with Crippen LogP contribution in [0.4, 0.5) is 0 Å². The number of amides is 2. The number of fused-ring (bicyclic) bond motifs is 1. The highest BCUT2D eigenvalue weighted by Crippen LogP contribution is 2.40. The van der Waals surface area contributed by atoms with E-state index in [2.05, 4.69) is 5.10 Å². The molecule has 6 heteroatoms. The van der Waals surface area contributed by atoms with E-state index in [1.54, 1.807) is 11.6 Å². The molecule has 2 aliphatic heterocycles. The SMILES string of the molecule is CC(=O)N1CCCC2(CCN(C(=O)c3nn(C)c4ccccc34)CC2)C1. The van der Waals surface area contributed by atoms with Crippen LogP contribution in [-0.4, -0.2) is 57.6 Å². The van der Waals surface area contributed by atoms with E-state index in [0.717, 1.165) is 62.8 Å². The lowest BCUT2D eigenvalue weighted by molar-refractivity contribution is -0.133. The van der Waals surface area contributed by atoms with Crippen LogP contribution in [0.2, 0.25) is 0 Å². The summed E-state index contributed by atoms with van der Waals surface area (Å²) in [5.41, 5.74) is 1.72. The van der Waals surface area contributed by atoms with Crippen molar-refractivity contribution >= 4 is 22.7 Å². The van der Waals surface area contributed by atoms with Crippen molar-refractivity contribution in [1.29, 1.82) is 0 Å². The highest BCUT2D eigenvalue weighted by molar-refractivity contribution is 6.04. The first kappa shape index (κ1) is 17.1. The van der Waals surface area contributed by atoms with Gasteiger partial charge in [-0.05, 0) is 37.2 Å². The number of benzene rings is 1. The molecular formula is C20H26N4O2. The van der Waals surface area contributed by atoms with Crippen molar-refractivity contribution in [3.63, 3.8) is 0 Å². The molecule has 6 nitrogen and oxygen atoms in total. The van der Waals surface area contributed by atoms with Gasteiger partial charge in [-0.1, -0.05) is 18.2 Å². The average molecular weight is 354 g/mol. The zero-order valence-corrected chi connectivity index (χ0v) is 15.6. The number of piperidine rings is 2. The minimum Gasteiger partial charge on any atom is -0.342 e. The van der Waals surface area contributed by atoms with Crippen LogP contribution in [0, 0.1) is 5.41 Å². The van der Waals surface area contributed by atoms with Crippen LogP contribution in [0.1, 0.15) is 43.1 Å². The van der Waals surface area contributed by atoms with E-state index in [1.165, 1.54) is 0 Å². The van der Waals surface area contributed by atoms with Crippen LogP contribution in [0.15, 0.2) is 24.3 Å². The Labute approximate surface area is 153 Å². The summed E-state index contributed by atoms with van der Waals surface area (Å²) in [6.07, 6.45) is 4.16. The van der Waals surface area contributed by atoms with Gasteiger partial charge >= 0.3 is 0 Å². The van der Waals surface area contributed by atoms with Gasteiger partial charge in [-0.2, -0.15) is 5.10 Å². The molecule has 2 amide bonds. The molecule has 1 aromatic heterocycles. The third kappa shape index (κ3) is 2.87. The molecule has 2 aromatic rings. The van der Waals surface area contributed by atoms with Gasteiger partial charge in [0.25, 0.3) is 5.91 Å². The summed E-state index contributed by atoms with van der Waals surface area (Å²) in [4.78, 5) is 28.7. The molecule has 0 unspecified atom stereocenters. The molecule has 0 bridgehead atoms. The summed E-state index contributed by atoms with van der Waals surface area (Å²) in [6.45, 7) is 4.87. The van der Waals surface area contributed by atoms with Gasteiger partial charge in [0.1, 0.15) is 0 Å². The first-order valence-electron chi connectivity index (χ1n) is 9.46. The summed E-state index contributed by atoms with van der Waals surface area (Å²) in [5, 5.41) is 5.39. The number of rotatable bonds is 1. The molecule has 1 spiro atoms. The van der Waals surface area contributed by atoms with E-state index < -0.39 is 0 Å². The fourth-order valence-electron chi connectivity index (χ4n) is 4.59. The van der Waals surface area contributed by atoms with Crippen molar-refractivity contribution in [2.75, 3.05) is 26.2 Å². The van der Waals surface area contributed by atoms with Crippen LogP contribution in [-0.2, 0) is 11.8 Å². The van der Waals surface area contributed by atoms with Crippen molar-refractivity contribution in [1.82, 2.24) is 19.6 Å². The molecule has 0 radical (unpaired) electrons. The second kappa shape index (κ2) is 6.41. The van der Waals surface area contributed by atoms with Gasteiger partial charge < -0.3 is 9.80 Å². The first-order valence-corrected chi connectivity index (χ1v) is 9.46. The molecule has 138 valence electrons. The summed E-state index contributed by atoms with van der Waals surface area (Å²) in [5.74, 6) is 0.193. The monoisotopic (exact) mass is 354 g/mol. The van der Waals surface area contributed by atoms with Crippen molar-refractivity contribution in [3.05, 3.63) is 30.0 Å². The highest BCUT2D eigenvalue weighted by atomic mass is 16.2. The Kier molecular flexibility index (Phi) is 4.21. The van der Waals surface area contributed by atoms with Crippen molar-refractivity contribution in [3.8, 4) is 0 Å². The Balaban J connectivity index is 1.49. The molecular weight excluding hydrogens is 328 g/mol. The lowest BCUT2D eigenvalue weighted by Gasteiger charge is -2.47. The van der Waals surface area contributed by atoms with Crippen LogP contribution in [0.25, 0.3) is 10.9 Å². The van der Waals surface area contributed by atoms with Gasteiger partial charge in [0, 0.05) is 45.5 Å². The first-order chi connectivity index (χ1) is 12.5. The summed E-state index contributed by atoms with van der Waals surface area (Å²) in [6, 6.07) is 7.87. The number of hydrogen-bond donors (Lipinski definition) is 0. The zero-order valence-electron chi connectivity index (χ0n) is 15.6. The number of carbonyl (C=O) groups is 2. The van der Waals surface area contributed by atoms with E-state index in [4.69, 9.17) is 0 Å². The van der Waals surface area contributed by atoms with Gasteiger partial charge in [-0.15, -0.1) is 0 Å². The lowest BCUT2D eigenvalue weighted by Crippen LogP contribution is -2.51. The van der Waals surface area contributed by atoms with Crippen molar-refractivity contribution < 1.29 is 9.59 Å². The smallest absolute Gasteiger partial charge is 0.275 e. The third-order valence-electron chi connectivity index (χ3n) is 6.18. The molecule has 0 saturated carbocycles. The number of aromatic nitrogens is 2. The minimum atomic E-state index is 0.0240. The molecule has 1 aromatic carbocycles. The van der Waals surface area contributed by atoms with Crippen molar-refractivity contribution in [2.45, 2.75) is 32.6 Å². The Morgan fingerprint density at radius 3 is 2.50 bits per heavy atom. The van der Waals surface area contributed by atoms with E-state index >= 15 is 0 Å². The Hall–Kier alpha value is -2.37. The van der Waals surface area contributed by atoms with Crippen LogP contribution in [0.5, 0.6) is 0 Å². The average Bonchev–Trinajstić information content (AvgIpc) is 2.99. The summed E-state index contributed by atoms with van der Waals surface area (Å²) < 4.78 is 1.78. The second-order valence-electron chi connectivity index (χ2n) is 7.83. The van der Waals surface area contributed by atoms with Crippen molar-refractivity contribution in [2.24, 2.45) is 12.5 Å². The predicted octanol–water partition coefficient (Wildman–Crippen LogP) is 2.44. The van der Waals surface area contributed by atoms with E-state index in [1.807, 2.05) is 41.1 Å². The molecule has 0 atom stereocenters. The van der Waals surface area contributed by atoms with Crippen LogP contribution >= 0.6 is 0 Å². The largest absolute Gasteiger partial charge is 0.342 e. The van der Waals surface area contributed by atoms with Gasteiger partial charge in [0.2, 0.25) is 5.91 Å². The number of carbonyl (C=O) groups excluding carboxylic acids is 2. The molecule has 0 aliphatic carbocycles. The summed E-state index contributed by atoms with van der Waals surface area (Å²) >= 11 is 0. The highest BCUT2D eigenvalue weighted by Gasteiger charge is 2.40. The quantitative estimate of drug-likeness (QED) is 0.790. The maximum atomic E-state index is 13.1. The van der Waals surface area contributed by atoms with E-state index in [0.29, 0.717) is 5.69 Å². The van der Waals surface area contributed by atoms with E-state index in [9.17, 15) is 9.59 Å². The predicted molar refractivity (Wildman–Crippen MR) is 99.8 cm³/mol. The standard InChI is InChI=1S/C20H26N4O2/c1-15(25)24-11-5-8-20(14-24)9-12-23(13-10-20)19(26)18-16-6-3-4-7-17(16)22(2)21-18/h3-4,6-7H,5,8-14H2,1-2H3. The number of nitrogens with zero attached hydrogens (tertiary/aromatic N) is 4. The molecule has 2 fully saturated rings. The molecule has 4 rings (SSSR count). The van der Waals surface area contributed by atoms with Crippen LogP contribution in [0.3, 0.4) is 0 Å². The third-order valence-corrected chi connectivity index (χ3v) is 6.18. The summed E-state index contributed by atoms with van der Waals surface area (Å²) in [7, 11) is 1.88. The Morgan fingerprint density at radius 1 is 1.04 bits per heavy atom.